The average molecular weight is 1170 g/mol. The molecular formula is C55H77BrN10O6Sn. The average Bonchev–Trinajstić information content (AvgIpc) is 3.94. The summed E-state index contributed by atoms with van der Waals surface area (Å²) in [7, 11) is 3.39. The Balaban J connectivity index is 0.000000293. The van der Waals surface area contributed by atoms with Crippen molar-refractivity contribution in [1.82, 2.24) is 40.2 Å². The molecule has 4 amide bonds. The molecule has 0 aliphatic rings. The summed E-state index contributed by atoms with van der Waals surface area (Å²) in [6, 6.07) is 28.9. The number of carbonyl (C=O) groups excluding carboxylic acids is 4. The Morgan fingerprint density at radius 1 is 0.616 bits per heavy atom. The number of primary amides is 2. The second-order valence-electron chi connectivity index (χ2n) is 18.2. The number of carbonyl (C=O) groups is 4. The van der Waals surface area contributed by atoms with Gasteiger partial charge in [0.25, 0.3) is 11.8 Å². The first kappa shape index (κ1) is 61.5. The van der Waals surface area contributed by atoms with Crippen molar-refractivity contribution >= 4 is 61.6 Å². The number of unbranched alkanes of at least 4 members (excludes halogenated alkanes) is 3. The molecule has 4 heterocycles. The Kier molecular flexibility index (Phi) is 26.2. The van der Waals surface area contributed by atoms with E-state index in [0.29, 0.717) is 27.1 Å². The number of nitrogens with one attached hydrogen (secondary N) is 2. The van der Waals surface area contributed by atoms with E-state index in [4.69, 9.17) is 16.5 Å². The molecule has 0 aliphatic heterocycles. The summed E-state index contributed by atoms with van der Waals surface area (Å²) in [5.41, 5.74) is 15.8. The molecule has 16 nitrogen and oxygen atoms in total. The Hall–Kier alpha value is -5.76. The van der Waals surface area contributed by atoms with E-state index in [9.17, 15) is 29.4 Å². The Bertz CT molecular complexity index is 2630. The summed E-state index contributed by atoms with van der Waals surface area (Å²) < 4.78 is 9.49. The van der Waals surface area contributed by atoms with E-state index in [2.05, 4.69) is 87.6 Å². The van der Waals surface area contributed by atoms with E-state index in [1.165, 1.54) is 73.1 Å². The van der Waals surface area contributed by atoms with Crippen molar-refractivity contribution in [2.75, 3.05) is 0 Å². The zero-order valence-electron chi connectivity index (χ0n) is 42.7. The molecule has 4 atom stereocenters. The molecule has 0 saturated carbocycles. The van der Waals surface area contributed by atoms with Crippen LogP contribution in [0.5, 0.6) is 0 Å². The van der Waals surface area contributed by atoms with Gasteiger partial charge in [-0.25, -0.2) is 0 Å². The van der Waals surface area contributed by atoms with Gasteiger partial charge in [-0.2, -0.15) is 10.2 Å². The first-order valence-corrected chi connectivity index (χ1v) is 32.9. The maximum absolute atomic E-state index is 13.0. The van der Waals surface area contributed by atoms with E-state index in [1.54, 1.807) is 30.1 Å². The number of nitrogens with two attached hydrogens (primary N) is 2. The molecule has 73 heavy (non-hydrogen) atoms. The van der Waals surface area contributed by atoms with Crippen LogP contribution >= 0.6 is 15.9 Å². The number of nitrogens with zero attached hydrogens (tertiary/aromatic N) is 6. The van der Waals surface area contributed by atoms with E-state index >= 15 is 0 Å². The summed E-state index contributed by atoms with van der Waals surface area (Å²) >= 11 is 0.944. The number of amides is 4. The Labute approximate surface area is 444 Å². The van der Waals surface area contributed by atoms with Gasteiger partial charge in [0.05, 0.1) is 28.9 Å². The largest absolute Gasteiger partial charge is 0.381 e. The van der Waals surface area contributed by atoms with Gasteiger partial charge in [-0.05, 0) is 59.0 Å². The van der Waals surface area contributed by atoms with E-state index in [0.717, 1.165) is 16.8 Å². The molecule has 394 valence electrons. The number of aromatic nitrogens is 6. The van der Waals surface area contributed by atoms with Gasteiger partial charge in [0, 0.05) is 32.2 Å². The van der Waals surface area contributed by atoms with Gasteiger partial charge in [0.2, 0.25) is 11.8 Å². The minimum atomic E-state index is -2.25. The van der Waals surface area contributed by atoms with E-state index in [-0.39, 0.29) is 20.3 Å². The third kappa shape index (κ3) is 19.2. The van der Waals surface area contributed by atoms with E-state index < -0.39 is 66.3 Å². The molecule has 8 N–H and O–H groups in total. The zero-order chi connectivity index (χ0) is 52.8. The summed E-state index contributed by atoms with van der Waals surface area (Å²) in [6.45, 7) is 11.0. The van der Waals surface area contributed by atoms with Crippen LogP contribution in [0, 0.1) is 13.8 Å². The van der Waals surface area contributed by atoms with Gasteiger partial charge in [0.1, 0.15) is 10.3 Å². The maximum Gasteiger partial charge on any atom is 0.255 e. The van der Waals surface area contributed by atoms with Crippen molar-refractivity contribution in [1.29, 1.82) is 0 Å². The van der Waals surface area contributed by atoms with Crippen LogP contribution in [-0.4, -0.2) is 106 Å². The zero-order valence-corrected chi connectivity index (χ0v) is 47.2. The number of aliphatic hydroxyl groups excluding tert-OH is 2. The molecule has 2 aromatic carbocycles. The van der Waals surface area contributed by atoms with Crippen molar-refractivity contribution in [2.24, 2.45) is 25.6 Å². The number of halogens is 1. The fourth-order valence-electron chi connectivity index (χ4n) is 8.38. The molecule has 0 saturated heterocycles. The van der Waals surface area contributed by atoms with Crippen molar-refractivity contribution in [3.8, 4) is 11.4 Å². The number of pyridine rings is 2. The molecule has 6 aromatic rings. The van der Waals surface area contributed by atoms with Crippen LogP contribution in [0.25, 0.3) is 11.4 Å². The summed E-state index contributed by atoms with van der Waals surface area (Å²) in [5, 5.41) is 34.0. The summed E-state index contributed by atoms with van der Waals surface area (Å²) in [4.78, 5) is 57.7. The van der Waals surface area contributed by atoms with Crippen LogP contribution in [0.3, 0.4) is 0 Å². The van der Waals surface area contributed by atoms with Crippen LogP contribution in [0.15, 0.2) is 114 Å². The molecule has 4 aromatic heterocycles. The molecule has 0 radical (unpaired) electrons. The minimum absolute atomic E-state index is 0. The Morgan fingerprint density at radius 2 is 1.04 bits per heavy atom. The number of aliphatic hydroxyl groups is 2. The number of hydrogen-bond donors (Lipinski definition) is 6. The van der Waals surface area contributed by atoms with Crippen LogP contribution in [-0.2, 0) is 36.5 Å². The van der Waals surface area contributed by atoms with Gasteiger partial charge in [-0.1, -0.05) is 74.2 Å². The van der Waals surface area contributed by atoms with Crippen molar-refractivity contribution < 1.29 is 29.4 Å². The molecule has 0 spiro atoms. The minimum Gasteiger partial charge on any atom is -0.381 e. The Morgan fingerprint density at radius 3 is 1.45 bits per heavy atom. The standard InChI is InChI=1S/C21H23N5O3.C15H17BrN4O3.C6H6N.3C4H9.CH4.Sn/c1-13-7-6-10-16(23-13)18-15(12-26(2)25-18)21(29)24-17(19(27)20(22)28)11-14-8-4-3-5-9-14;1-20-8-10(13(16)19-20)15(23)18-11(12(21)14(17)22)7-9-5-3-2-4-6-9;1-6-4-2-3-5-7-6;3*1-3-4-2;;/h3-10,12,17,19,27H,11H2,1-2H3,(H2,22,28)(H,24,29);2-6,8,11-12,21H,7H2,1H3,(H2,17,22)(H,18,23);2-4H,1H3;3*1,3-4H2,2H3;1H4;. The number of hydrogen-bond acceptors (Lipinski definition) is 10. The predicted octanol–water partition coefficient (Wildman–Crippen LogP) is 7.43. The maximum atomic E-state index is 13.0. The second-order valence-corrected chi connectivity index (χ2v) is 32.0. The fraction of sp³-hybridized carbons (Fsp3) is 0.418. The number of benzene rings is 2. The predicted molar refractivity (Wildman–Crippen MR) is 296 cm³/mol. The van der Waals surface area contributed by atoms with Crippen molar-refractivity contribution in [2.45, 2.75) is 131 Å². The summed E-state index contributed by atoms with van der Waals surface area (Å²) in [6.07, 6.45) is 8.86. The van der Waals surface area contributed by atoms with Crippen molar-refractivity contribution in [3.63, 3.8) is 0 Å². The molecular weight excluding hydrogens is 1100 g/mol. The molecule has 0 aliphatic carbocycles. The third-order valence-corrected chi connectivity index (χ3v) is 28.0. The van der Waals surface area contributed by atoms with Gasteiger partial charge in [0.15, 0.2) is 12.2 Å². The van der Waals surface area contributed by atoms with Crippen molar-refractivity contribution in [3.05, 3.63) is 148 Å². The quantitative estimate of drug-likeness (QED) is 0.0347. The van der Waals surface area contributed by atoms with Crippen LogP contribution in [0.4, 0.5) is 0 Å². The fourth-order valence-corrected chi connectivity index (χ4v) is 24.5. The molecule has 0 fully saturated rings. The third-order valence-electron chi connectivity index (χ3n) is 12.3. The molecule has 18 heteroatoms. The SMILES string of the molecule is C.CCC[CH2][Sn]([CH2]CCC)([CH2]CCC)[c]1cccc(C)n1.Cc1cccc(-c2nn(C)cc2C(=O)NC(Cc2ccccc2)C(O)C(N)=O)n1.Cn1cc(C(=O)NC(Cc2ccccc2)C(O)C(N)=O)c(Br)n1. The molecule has 0 bridgehead atoms. The topological polar surface area (TPSA) is 246 Å². The van der Waals surface area contributed by atoms with Crippen LogP contribution in [0.1, 0.15) is 110 Å². The number of rotatable bonds is 23. The van der Waals surface area contributed by atoms with Crippen LogP contribution in [0.2, 0.25) is 13.3 Å². The monoisotopic (exact) mass is 1170 g/mol. The van der Waals surface area contributed by atoms with Gasteiger partial charge >= 0.3 is 130 Å². The van der Waals surface area contributed by atoms with Gasteiger partial charge in [-0.3, -0.25) is 33.5 Å². The van der Waals surface area contributed by atoms with E-state index in [1.807, 2.05) is 79.7 Å². The first-order valence-electron chi connectivity index (χ1n) is 24.7. The molecule has 4 unspecified atom stereocenters. The van der Waals surface area contributed by atoms with Crippen LogP contribution < -0.4 is 25.8 Å². The smallest absolute Gasteiger partial charge is 0.255 e. The normalized spacial score (nSPS) is 12.6. The first-order chi connectivity index (χ1) is 34.4. The second kappa shape index (κ2) is 31.1. The summed E-state index contributed by atoms with van der Waals surface area (Å²) in [5.74, 6) is -2.72. The van der Waals surface area contributed by atoms with Gasteiger partial charge < -0.3 is 32.3 Å². The molecule has 6 rings (SSSR count). The number of aryl methyl sites for hydroxylation is 4. The van der Waals surface area contributed by atoms with Gasteiger partial charge in [-0.15, -0.1) is 0 Å².